The van der Waals surface area contributed by atoms with Gasteiger partial charge < -0.3 is 5.32 Å². The maximum atomic E-state index is 12.6. The number of fused-ring (bicyclic) bond motifs is 2. The van der Waals surface area contributed by atoms with Crippen LogP contribution in [0.1, 0.15) is 29.0 Å². The van der Waals surface area contributed by atoms with E-state index in [2.05, 4.69) is 10.2 Å². The number of alkyl halides is 3. The Morgan fingerprint density at radius 2 is 2.00 bits per heavy atom. The largest absolute Gasteiger partial charge is 0.425 e. The van der Waals surface area contributed by atoms with Gasteiger partial charge in [-0.25, -0.2) is 0 Å². The molecule has 2 aliphatic heterocycles. The van der Waals surface area contributed by atoms with Gasteiger partial charge in [0.1, 0.15) is 4.88 Å². The first kappa shape index (κ1) is 13.4. The predicted molar refractivity (Wildman–Crippen MR) is 69.2 cm³/mol. The lowest BCUT2D eigenvalue weighted by Gasteiger charge is -2.23. The summed E-state index contributed by atoms with van der Waals surface area (Å²) in [4.78, 5) is 2.60. The van der Waals surface area contributed by atoms with E-state index < -0.39 is 11.1 Å². The molecule has 2 unspecified atom stereocenters. The van der Waals surface area contributed by atoms with Crippen LogP contribution in [0.15, 0.2) is 12.1 Å². The fourth-order valence-electron chi connectivity index (χ4n) is 2.99. The number of nitrogens with zero attached hydrogens (tertiary/aromatic N) is 1. The highest BCUT2D eigenvalue weighted by molar-refractivity contribution is 7.12. The Bertz CT molecular complexity index is 443. The van der Waals surface area contributed by atoms with Crippen molar-refractivity contribution in [2.75, 3.05) is 13.1 Å². The Hall–Kier alpha value is -0.590. The van der Waals surface area contributed by atoms with Crippen LogP contribution in [0.2, 0.25) is 0 Å². The summed E-state index contributed by atoms with van der Waals surface area (Å²) < 4.78 is 37.7. The maximum Gasteiger partial charge on any atom is 0.425 e. The minimum atomic E-state index is -4.21. The lowest BCUT2D eigenvalue weighted by Crippen LogP contribution is -2.34. The van der Waals surface area contributed by atoms with E-state index in [4.69, 9.17) is 0 Å². The summed E-state index contributed by atoms with van der Waals surface area (Å²) >= 11 is 0.873. The van der Waals surface area contributed by atoms with E-state index in [0.717, 1.165) is 35.7 Å². The summed E-state index contributed by atoms with van der Waals surface area (Å²) in [6.07, 6.45) is -0.661. The summed E-state index contributed by atoms with van der Waals surface area (Å²) in [6, 6.07) is 3.95. The van der Waals surface area contributed by atoms with Crippen LogP contribution in [0.5, 0.6) is 0 Å². The van der Waals surface area contributed by atoms with Crippen LogP contribution in [-0.4, -0.2) is 30.1 Å². The minimum Gasteiger partial charge on any atom is -0.310 e. The molecule has 0 amide bonds. The zero-order valence-corrected chi connectivity index (χ0v) is 11.4. The van der Waals surface area contributed by atoms with E-state index >= 15 is 0 Å². The first-order chi connectivity index (χ1) is 9.00. The van der Waals surface area contributed by atoms with E-state index in [1.54, 1.807) is 6.07 Å². The van der Waals surface area contributed by atoms with Crippen molar-refractivity contribution in [2.24, 2.45) is 0 Å². The Labute approximate surface area is 114 Å². The predicted octanol–water partition coefficient (Wildman–Crippen LogP) is 3.09. The summed E-state index contributed by atoms with van der Waals surface area (Å²) in [5.74, 6) is 0. The van der Waals surface area contributed by atoms with Gasteiger partial charge in [0.15, 0.2) is 0 Å². The molecule has 1 N–H and O–H groups in total. The van der Waals surface area contributed by atoms with E-state index in [1.165, 1.54) is 18.9 Å². The van der Waals surface area contributed by atoms with Crippen molar-refractivity contribution < 1.29 is 13.2 Å². The van der Waals surface area contributed by atoms with E-state index in [-0.39, 0.29) is 0 Å². The average molecular weight is 290 g/mol. The van der Waals surface area contributed by atoms with Crippen LogP contribution in [0.4, 0.5) is 13.2 Å². The number of rotatable bonds is 2. The van der Waals surface area contributed by atoms with E-state index in [9.17, 15) is 13.2 Å². The first-order valence-electron chi connectivity index (χ1n) is 6.65. The van der Waals surface area contributed by atoms with Gasteiger partial charge in [-0.05, 0) is 31.4 Å². The van der Waals surface area contributed by atoms with Crippen molar-refractivity contribution in [3.8, 4) is 0 Å². The Morgan fingerprint density at radius 3 is 2.74 bits per heavy atom. The van der Waals surface area contributed by atoms with Crippen LogP contribution < -0.4 is 5.32 Å². The summed E-state index contributed by atoms with van der Waals surface area (Å²) in [5.41, 5.74) is 0. The molecule has 2 saturated heterocycles. The van der Waals surface area contributed by atoms with Crippen LogP contribution in [0, 0.1) is 0 Å². The number of hydrogen-bond donors (Lipinski definition) is 1. The van der Waals surface area contributed by atoms with Gasteiger partial charge in [0.2, 0.25) is 0 Å². The molecule has 0 aliphatic carbocycles. The maximum absolute atomic E-state index is 12.6. The highest BCUT2D eigenvalue weighted by Gasteiger charge is 2.33. The number of thiophene rings is 1. The standard InChI is InChI=1S/C13H17F3N2S/c14-13(15,16)12-4-3-11(19-12)8-18-6-5-9-1-2-10(7-18)17-9/h3-4,9-10,17H,1-2,5-8H2. The SMILES string of the molecule is FC(F)(F)c1ccc(CN2CCC3CCC(C2)N3)s1. The van der Waals surface area contributed by atoms with Gasteiger partial charge in [-0.1, -0.05) is 0 Å². The Morgan fingerprint density at radius 1 is 1.21 bits per heavy atom. The van der Waals surface area contributed by atoms with Gasteiger partial charge >= 0.3 is 6.18 Å². The Balaban J connectivity index is 1.63. The number of halogens is 3. The quantitative estimate of drug-likeness (QED) is 0.900. The molecule has 3 heterocycles. The minimum absolute atomic E-state index is 0.489. The van der Waals surface area contributed by atoms with Crippen molar-refractivity contribution in [3.63, 3.8) is 0 Å². The lowest BCUT2D eigenvalue weighted by atomic mass is 10.1. The molecular formula is C13H17F3N2S. The fraction of sp³-hybridized carbons (Fsp3) is 0.692. The zero-order valence-electron chi connectivity index (χ0n) is 10.5. The van der Waals surface area contributed by atoms with Crippen LogP contribution in [-0.2, 0) is 12.7 Å². The van der Waals surface area contributed by atoms with E-state index in [1.807, 2.05) is 0 Å². The molecule has 3 rings (SSSR count). The molecule has 0 spiro atoms. The number of likely N-dealkylation sites (tertiary alicyclic amines) is 1. The molecule has 6 heteroatoms. The monoisotopic (exact) mass is 290 g/mol. The molecule has 19 heavy (non-hydrogen) atoms. The van der Waals surface area contributed by atoms with Crippen LogP contribution >= 0.6 is 11.3 Å². The molecular weight excluding hydrogens is 273 g/mol. The molecule has 0 saturated carbocycles. The third kappa shape index (κ3) is 3.12. The summed E-state index contributed by atoms with van der Waals surface area (Å²) in [7, 11) is 0. The van der Waals surface area contributed by atoms with Crippen LogP contribution in [0.25, 0.3) is 0 Å². The van der Waals surface area contributed by atoms with Gasteiger partial charge in [0.05, 0.1) is 0 Å². The van der Waals surface area contributed by atoms with Crippen molar-refractivity contribution in [3.05, 3.63) is 21.9 Å². The normalized spacial score (nSPS) is 28.6. The molecule has 2 atom stereocenters. The van der Waals surface area contributed by atoms with Gasteiger partial charge in [0, 0.05) is 36.6 Å². The first-order valence-corrected chi connectivity index (χ1v) is 7.46. The molecule has 0 aromatic carbocycles. The second-order valence-electron chi connectivity index (χ2n) is 5.43. The Kier molecular flexibility index (Phi) is 3.57. The summed E-state index contributed by atoms with van der Waals surface area (Å²) in [6.45, 7) is 2.58. The van der Waals surface area contributed by atoms with Crippen LogP contribution in [0.3, 0.4) is 0 Å². The second-order valence-corrected chi connectivity index (χ2v) is 6.59. The molecule has 0 radical (unpaired) electrons. The molecule has 1 aromatic rings. The number of hydrogen-bond acceptors (Lipinski definition) is 3. The highest BCUT2D eigenvalue weighted by Crippen LogP contribution is 2.35. The van der Waals surface area contributed by atoms with Gasteiger partial charge in [-0.3, -0.25) is 4.90 Å². The second kappa shape index (κ2) is 5.07. The van der Waals surface area contributed by atoms with Gasteiger partial charge in [-0.2, -0.15) is 13.2 Å². The molecule has 2 nitrogen and oxygen atoms in total. The summed E-state index contributed by atoms with van der Waals surface area (Å²) in [5, 5.41) is 3.58. The molecule has 106 valence electrons. The molecule has 2 aliphatic rings. The molecule has 2 bridgehead atoms. The fourth-order valence-corrected chi connectivity index (χ4v) is 3.91. The third-order valence-electron chi connectivity index (χ3n) is 3.93. The van der Waals surface area contributed by atoms with Crippen molar-refractivity contribution >= 4 is 11.3 Å². The number of nitrogens with one attached hydrogen (secondary N) is 1. The van der Waals surface area contributed by atoms with Gasteiger partial charge in [-0.15, -0.1) is 11.3 Å². The third-order valence-corrected chi connectivity index (χ3v) is 5.04. The topological polar surface area (TPSA) is 15.3 Å². The van der Waals surface area contributed by atoms with Crippen molar-refractivity contribution in [1.82, 2.24) is 10.2 Å². The average Bonchev–Trinajstić information content (AvgIpc) is 2.88. The lowest BCUT2D eigenvalue weighted by molar-refractivity contribution is -0.134. The van der Waals surface area contributed by atoms with Crippen molar-refractivity contribution in [1.29, 1.82) is 0 Å². The molecule has 1 aromatic heterocycles. The molecule has 2 fully saturated rings. The smallest absolute Gasteiger partial charge is 0.310 e. The van der Waals surface area contributed by atoms with Gasteiger partial charge in [0.25, 0.3) is 0 Å². The zero-order chi connectivity index (χ0) is 13.5. The highest BCUT2D eigenvalue weighted by atomic mass is 32.1. The van der Waals surface area contributed by atoms with Crippen molar-refractivity contribution in [2.45, 2.75) is 44.1 Å². The van der Waals surface area contributed by atoms with E-state index in [0.29, 0.717) is 18.6 Å².